The van der Waals surface area contributed by atoms with Gasteiger partial charge >= 0.3 is 0 Å². The molecule has 0 N–H and O–H groups in total. The van der Waals surface area contributed by atoms with Crippen molar-refractivity contribution in [1.29, 1.82) is 0 Å². The first-order valence-electron chi connectivity index (χ1n) is 5.76. The average molecular weight is 238 g/mol. The highest BCUT2D eigenvalue weighted by Gasteiger charge is 2.29. The van der Waals surface area contributed by atoms with Crippen LogP contribution in [-0.4, -0.2) is 7.11 Å². The van der Waals surface area contributed by atoms with E-state index in [0.717, 1.165) is 31.1 Å². The topological polar surface area (TPSA) is 9.23 Å². The van der Waals surface area contributed by atoms with Crippen molar-refractivity contribution in [3.8, 4) is 0 Å². The molecule has 1 nitrogen and oxygen atoms in total. The molecule has 0 heterocycles. The summed E-state index contributed by atoms with van der Waals surface area (Å²) in [7, 11) is 1.63. The number of hydrogen-bond donors (Lipinski definition) is 0. The summed E-state index contributed by atoms with van der Waals surface area (Å²) >= 11 is 0. The van der Waals surface area contributed by atoms with Crippen LogP contribution < -0.4 is 0 Å². The van der Waals surface area contributed by atoms with Crippen LogP contribution in [0.4, 0.5) is 8.78 Å². The SMILES string of the molecule is COC1=C[C@](C)(c2cc(F)cc(F)c2)CCC1. The van der Waals surface area contributed by atoms with E-state index >= 15 is 0 Å². The van der Waals surface area contributed by atoms with Gasteiger partial charge in [0, 0.05) is 17.9 Å². The zero-order chi connectivity index (χ0) is 12.5. The van der Waals surface area contributed by atoms with Crippen LogP contribution in [0.15, 0.2) is 30.0 Å². The minimum Gasteiger partial charge on any atom is -0.501 e. The van der Waals surface area contributed by atoms with Gasteiger partial charge in [-0.15, -0.1) is 0 Å². The Morgan fingerprint density at radius 2 is 1.82 bits per heavy atom. The predicted molar refractivity (Wildman–Crippen MR) is 62.7 cm³/mol. The van der Waals surface area contributed by atoms with E-state index in [1.54, 1.807) is 7.11 Å². The standard InChI is InChI=1S/C14H16F2O/c1-14(5-3-4-13(9-14)17-2)10-6-11(15)8-12(16)7-10/h6-9H,3-5H2,1-2H3/t14-/m1/s1. The van der Waals surface area contributed by atoms with Crippen LogP contribution in [0.25, 0.3) is 0 Å². The highest BCUT2D eigenvalue weighted by molar-refractivity contribution is 5.33. The van der Waals surface area contributed by atoms with E-state index in [-0.39, 0.29) is 5.41 Å². The molecule has 1 atom stereocenters. The van der Waals surface area contributed by atoms with Gasteiger partial charge < -0.3 is 4.74 Å². The minimum absolute atomic E-state index is 0.341. The smallest absolute Gasteiger partial charge is 0.126 e. The van der Waals surface area contributed by atoms with Crippen LogP contribution in [0.5, 0.6) is 0 Å². The summed E-state index contributed by atoms with van der Waals surface area (Å²) in [5.74, 6) is -0.165. The van der Waals surface area contributed by atoms with Crippen molar-refractivity contribution in [3.63, 3.8) is 0 Å². The van der Waals surface area contributed by atoms with E-state index in [4.69, 9.17) is 4.74 Å². The largest absolute Gasteiger partial charge is 0.501 e. The molecule has 2 rings (SSSR count). The summed E-state index contributed by atoms with van der Waals surface area (Å²) in [6.45, 7) is 1.99. The molecule has 0 unspecified atom stereocenters. The van der Waals surface area contributed by atoms with Crippen molar-refractivity contribution in [2.75, 3.05) is 7.11 Å². The van der Waals surface area contributed by atoms with Crippen LogP contribution in [0.3, 0.4) is 0 Å². The Morgan fingerprint density at radius 1 is 1.18 bits per heavy atom. The summed E-state index contributed by atoms with van der Waals surface area (Å²) in [5.41, 5.74) is 0.330. The van der Waals surface area contributed by atoms with Gasteiger partial charge in [0.05, 0.1) is 12.9 Å². The summed E-state index contributed by atoms with van der Waals surface area (Å²) in [5, 5.41) is 0. The van der Waals surface area contributed by atoms with E-state index in [9.17, 15) is 8.78 Å². The zero-order valence-electron chi connectivity index (χ0n) is 10.1. The summed E-state index contributed by atoms with van der Waals surface area (Å²) < 4.78 is 31.7. The molecule has 92 valence electrons. The van der Waals surface area contributed by atoms with Gasteiger partial charge in [0.25, 0.3) is 0 Å². The van der Waals surface area contributed by atoms with Gasteiger partial charge in [-0.3, -0.25) is 0 Å². The molecule has 0 spiro atoms. The Hall–Kier alpha value is -1.38. The lowest BCUT2D eigenvalue weighted by Crippen LogP contribution is -2.23. The van der Waals surface area contributed by atoms with Crippen LogP contribution in [-0.2, 0) is 10.2 Å². The van der Waals surface area contributed by atoms with E-state index in [2.05, 4.69) is 0 Å². The third-order valence-electron chi connectivity index (χ3n) is 3.38. The molecule has 1 aromatic carbocycles. The van der Waals surface area contributed by atoms with Crippen molar-refractivity contribution in [1.82, 2.24) is 0 Å². The number of halogens is 2. The average Bonchev–Trinajstić information content (AvgIpc) is 2.28. The second-order valence-electron chi connectivity index (χ2n) is 4.74. The number of benzene rings is 1. The lowest BCUT2D eigenvalue weighted by molar-refractivity contribution is 0.253. The molecule has 0 saturated heterocycles. The van der Waals surface area contributed by atoms with Crippen LogP contribution in [0, 0.1) is 11.6 Å². The highest BCUT2D eigenvalue weighted by Crippen LogP contribution is 2.37. The van der Waals surface area contributed by atoms with Gasteiger partial charge in [-0.1, -0.05) is 6.92 Å². The molecule has 0 bridgehead atoms. The molecule has 0 aliphatic heterocycles. The summed E-state index contributed by atoms with van der Waals surface area (Å²) in [4.78, 5) is 0. The van der Waals surface area contributed by atoms with Crippen LogP contribution >= 0.6 is 0 Å². The molecule has 0 aromatic heterocycles. The maximum absolute atomic E-state index is 13.2. The number of rotatable bonds is 2. The number of allylic oxidation sites excluding steroid dienone is 2. The third-order valence-corrected chi connectivity index (χ3v) is 3.38. The second-order valence-corrected chi connectivity index (χ2v) is 4.74. The Bertz CT molecular complexity index is 433. The normalized spacial score (nSPS) is 24.4. The van der Waals surface area contributed by atoms with E-state index in [0.29, 0.717) is 5.56 Å². The molecule has 0 amide bonds. The first kappa shape index (κ1) is 12.1. The molecule has 0 fully saturated rings. The maximum atomic E-state index is 13.2. The number of ether oxygens (including phenoxy) is 1. The Labute approximate surface area is 100 Å². The molecular weight excluding hydrogens is 222 g/mol. The molecule has 17 heavy (non-hydrogen) atoms. The van der Waals surface area contributed by atoms with Crippen LogP contribution in [0.1, 0.15) is 31.7 Å². The Balaban J connectivity index is 2.43. The first-order valence-corrected chi connectivity index (χ1v) is 5.76. The highest BCUT2D eigenvalue weighted by atomic mass is 19.1. The molecule has 3 heteroatoms. The van der Waals surface area contributed by atoms with Crippen molar-refractivity contribution in [2.24, 2.45) is 0 Å². The molecule has 0 radical (unpaired) electrons. The number of hydrogen-bond acceptors (Lipinski definition) is 1. The summed E-state index contributed by atoms with van der Waals surface area (Å²) in [6, 6.07) is 3.70. The molecule has 1 aromatic rings. The fourth-order valence-corrected chi connectivity index (χ4v) is 2.40. The Morgan fingerprint density at radius 3 is 2.41 bits per heavy atom. The van der Waals surface area contributed by atoms with E-state index in [1.807, 2.05) is 13.0 Å². The predicted octanol–water partition coefficient (Wildman–Crippen LogP) is 3.94. The fraction of sp³-hybridized carbons (Fsp3) is 0.429. The van der Waals surface area contributed by atoms with Gasteiger partial charge in [0.15, 0.2) is 0 Å². The molecular formula is C14H16F2O. The van der Waals surface area contributed by atoms with Crippen molar-refractivity contribution in [2.45, 2.75) is 31.6 Å². The van der Waals surface area contributed by atoms with Crippen molar-refractivity contribution < 1.29 is 13.5 Å². The van der Waals surface area contributed by atoms with E-state index in [1.165, 1.54) is 12.1 Å². The van der Waals surface area contributed by atoms with Crippen molar-refractivity contribution >= 4 is 0 Å². The van der Waals surface area contributed by atoms with Crippen molar-refractivity contribution in [3.05, 3.63) is 47.2 Å². The molecule has 1 aliphatic carbocycles. The van der Waals surface area contributed by atoms with Gasteiger partial charge in [-0.2, -0.15) is 0 Å². The van der Waals surface area contributed by atoms with E-state index < -0.39 is 11.6 Å². The van der Waals surface area contributed by atoms with Gasteiger partial charge in [0.2, 0.25) is 0 Å². The van der Waals surface area contributed by atoms with Gasteiger partial charge in [-0.25, -0.2) is 8.78 Å². The molecule has 1 aliphatic rings. The fourth-order valence-electron chi connectivity index (χ4n) is 2.40. The third kappa shape index (κ3) is 2.48. The monoisotopic (exact) mass is 238 g/mol. The lowest BCUT2D eigenvalue weighted by atomic mass is 9.74. The quantitative estimate of drug-likeness (QED) is 0.758. The lowest BCUT2D eigenvalue weighted by Gasteiger charge is -2.31. The molecule has 0 saturated carbocycles. The summed E-state index contributed by atoms with van der Waals surface area (Å²) in [6.07, 6.45) is 4.71. The number of methoxy groups -OCH3 is 1. The Kier molecular flexibility index (Phi) is 3.18. The maximum Gasteiger partial charge on any atom is 0.126 e. The minimum atomic E-state index is -0.529. The van der Waals surface area contributed by atoms with Crippen LogP contribution in [0.2, 0.25) is 0 Å². The first-order chi connectivity index (χ1) is 8.03. The van der Waals surface area contributed by atoms with Gasteiger partial charge in [0.1, 0.15) is 11.6 Å². The van der Waals surface area contributed by atoms with Gasteiger partial charge in [-0.05, 0) is 36.6 Å². The zero-order valence-corrected chi connectivity index (χ0v) is 10.1. The second kappa shape index (κ2) is 4.47.